The van der Waals surface area contributed by atoms with Crippen LogP contribution in [0.25, 0.3) is 0 Å². The number of rotatable bonds is 5. The number of Topliss-reactive ketones (excluding diaryl/α,β-unsaturated/α-hetero) is 1. The van der Waals surface area contributed by atoms with E-state index in [-0.39, 0.29) is 5.15 Å². The molecular formula is C12H8BrClF2N4O. The van der Waals surface area contributed by atoms with Crippen LogP contribution < -0.4 is 5.32 Å². The molecule has 2 aromatic rings. The van der Waals surface area contributed by atoms with Crippen LogP contribution >= 0.6 is 27.5 Å². The van der Waals surface area contributed by atoms with Crippen LogP contribution in [0.3, 0.4) is 0 Å². The number of alkyl halides is 2. The molecule has 110 valence electrons. The average molecular weight is 378 g/mol. The van der Waals surface area contributed by atoms with Gasteiger partial charge < -0.3 is 5.32 Å². The minimum absolute atomic E-state index is 0.0285. The maximum Gasteiger partial charge on any atom is 0.350 e. The van der Waals surface area contributed by atoms with Crippen molar-refractivity contribution in [3.05, 3.63) is 45.8 Å². The molecule has 0 saturated heterocycles. The molecule has 0 aliphatic rings. The third-order valence-corrected chi connectivity index (χ3v) is 3.13. The minimum atomic E-state index is -3.75. The summed E-state index contributed by atoms with van der Waals surface area (Å²) >= 11 is 8.66. The quantitative estimate of drug-likeness (QED) is 0.867. The zero-order valence-electron chi connectivity index (χ0n) is 10.4. The molecule has 0 aliphatic heterocycles. The maximum absolute atomic E-state index is 13.9. The Morgan fingerprint density at radius 3 is 2.62 bits per heavy atom. The number of ketones is 1. The highest BCUT2D eigenvalue weighted by Crippen LogP contribution is 2.27. The largest absolute Gasteiger partial charge is 0.363 e. The van der Waals surface area contributed by atoms with E-state index in [2.05, 4.69) is 36.4 Å². The predicted molar refractivity (Wildman–Crippen MR) is 76.4 cm³/mol. The van der Waals surface area contributed by atoms with Gasteiger partial charge in [0.15, 0.2) is 5.15 Å². The fourth-order valence-electron chi connectivity index (χ4n) is 1.39. The third kappa shape index (κ3) is 3.92. The van der Waals surface area contributed by atoms with Gasteiger partial charge in [0.1, 0.15) is 11.5 Å². The Balaban J connectivity index is 2.04. The maximum atomic E-state index is 13.9. The van der Waals surface area contributed by atoms with Crippen molar-refractivity contribution in [3.8, 4) is 0 Å². The van der Waals surface area contributed by atoms with Crippen LogP contribution in [-0.4, -0.2) is 27.5 Å². The van der Waals surface area contributed by atoms with E-state index in [1.807, 2.05) is 0 Å². The highest BCUT2D eigenvalue weighted by atomic mass is 79.9. The van der Waals surface area contributed by atoms with Gasteiger partial charge in [-0.15, -0.1) is 10.2 Å². The minimum Gasteiger partial charge on any atom is -0.363 e. The van der Waals surface area contributed by atoms with Crippen LogP contribution in [0.15, 0.2) is 34.9 Å². The number of carbonyl (C=O) groups is 1. The van der Waals surface area contributed by atoms with E-state index in [1.54, 1.807) is 12.1 Å². The molecule has 0 aliphatic carbocycles. The van der Waals surface area contributed by atoms with Gasteiger partial charge in [-0.05, 0) is 40.2 Å². The number of hydrogen-bond acceptors (Lipinski definition) is 5. The van der Waals surface area contributed by atoms with Crippen molar-refractivity contribution >= 4 is 39.1 Å². The van der Waals surface area contributed by atoms with Crippen molar-refractivity contribution in [2.75, 3.05) is 11.9 Å². The van der Waals surface area contributed by atoms with E-state index >= 15 is 0 Å². The molecule has 0 spiro atoms. The summed E-state index contributed by atoms with van der Waals surface area (Å²) < 4.78 is 28.5. The molecule has 1 N–H and O–H groups in total. The van der Waals surface area contributed by atoms with Crippen LogP contribution in [0.4, 0.5) is 14.6 Å². The molecule has 21 heavy (non-hydrogen) atoms. The van der Waals surface area contributed by atoms with Gasteiger partial charge in [-0.2, -0.15) is 8.78 Å². The Morgan fingerprint density at radius 2 is 2.05 bits per heavy atom. The van der Waals surface area contributed by atoms with E-state index in [4.69, 9.17) is 11.6 Å². The number of anilines is 1. The predicted octanol–water partition coefficient (Wildman–Crippen LogP) is 3.06. The molecule has 0 aromatic carbocycles. The van der Waals surface area contributed by atoms with E-state index in [1.165, 1.54) is 6.20 Å². The van der Waals surface area contributed by atoms with Crippen molar-refractivity contribution in [1.82, 2.24) is 15.2 Å². The first-order chi connectivity index (χ1) is 9.89. The fourth-order valence-corrected chi connectivity index (χ4v) is 1.72. The molecule has 0 radical (unpaired) electrons. The molecule has 5 nitrogen and oxygen atoms in total. The number of carbonyl (C=O) groups excluding carboxylic acids is 1. The first-order valence-corrected chi connectivity index (χ1v) is 6.83. The summed E-state index contributed by atoms with van der Waals surface area (Å²) in [5.41, 5.74) is -0.748. The number of pyridine rings is 1. The van der Waals surface area contributed by atoms with Gasteiger partial charge in [-0.1, -0.05) is 11.6 Å². The molecule has 9 heteroatoms. The number of aromatic nitrogens is 3. The van der Waals surface area contributed by atoms with Gasteiger partial charge in [0.2, 0.25) is 5.78 Å². The summed E-state index contributed by atoms with van der Waals surface area (Å²) in [5.74, 6) is -4.78. The molecular weight excluding hydrogens is 370 g/mol. The van der Waals surface area contributed by atoms with Gasteiger partial charge in [0, 0.05) is 10.7 Å². The second-order valence-corrected chi connectivity index (χ2v) is 5.26. The van der Waals surface area contributed by atoms with Crippen LogP contribution in [0.2, 0.25) is 5.15 Å². The SMILES string of the molecule is O=C(CNc1ccc(Br)cn1)C(F)(F)c1ccc(Cl)nn1. The van der Waals surface area contributed by atoms with Crippen molar-refractivity contribution in [2.24, 2.45) is 0 Å². The lowest BCUT2D eigenvalue weighted by Gasteiger charge is -2.14. The Kier molecular flexibility index (Phi) is 4.79. The molecule has 0 bridgehead atoms. The molecule has 0 fully saturated rings. The standard InChI is InChI=1S/C12H8BrClF2N4O/c13-7-1-4-11(17-5-7)18-6-9(21)12(15,16)8-2-3-10(14)20-19-8/h1-5H,6H2,(H,17,18). The van der Waals surface area contributed by atoms with E-state index in [0.717, 1.165) is 16.6 Å². The number of nitrogens with zero attached hydrogens (tertiary/aromatic N) is 3. The Labute approximate surface area is 131 Å². The zero-order valence-corrected chi connectivity index (χ0v) is 12.7. The summed E-state index contributed by atoms with van der Waals surface area (Å²) in [5, 5.41) is 9.03. The summed E-state index contributed by atoms with van der Waals surface area (Å²) in [6.07, 6.45) is 1.48. The first kappa shape index (κ1) is 15.7. The van der Waals surface area contributed by atoms with Gasteiger partial charge in [0.25, 0.3) is 0 Å². The fraction of sp³-hybridized carbons (Fsp3) is 0.167. The summed E-state index contributed by atoms with van der Waals surface area (Å²) in [4.78, 5) is 15.6. The van der Waals surface area contributed by atoms with Crippen molar-refractivity contribution in [1.29, 1.82) is 0 Å². The summed E-state index contributed by atoms with van der Waals surface area (Å²) in [6.45, 7) is -0.591. The van der Waals surface area contributed by atoms with Gasteiger partial charge in [-0.25, -0.2) is 4.98 Å². The van der Waals surface area contributed by atoms with Crippen LogP contribution in [0, 0.1) is 0 Å². The molecule has 0 unspecified atom stereocenters. The lowest BCUT2D eigenvalue weighted by atomic mass is 10.1. The van der Waals surface area contributed by atoms with E-state index in [9.17, 15) is 13.6 Å². The number of nitrogens with one attached hydrogen (secondary N) is 1. The lowest BCUT2D eigenvalue weighted by Crippen LogP contribution is -2.33. The monoisotopic (exact) mass is 376 g/mol. The van der Waals surface area contributed by atoms with Gasteiger partial charge >= 0.3 is 5.92 Å². The van der Waals surface area contributed by atoms with Crippen molar-refractivity contribution < 1.29 is 13.6 Å². The Bertz CT molecular complexity index is 637. The number of halogens is 4. The van der Waals surface area contributed by atoms with E-state index < -0.39 is 23.9 Å². The average Bonchev–Trinajstić information content (AvgIpc) is 2.46. The first-order valence-electron chi connectivity index (χ1n) is 5.66. The Hall–Kier alpha value is -1.67. The molecule has 0 atom stereocenters. The second kappa shape index (κ2) is 6.40. The summed E-state index contributed by atoms with van der Waals surface area (Å²) in [7, 11) is 0. The van der Waals surface area contributed by atoms with E-state index in [0.29, 0.717) is 5.82 Å². The van der Waals surface area contributed by atoms with Crippen LogP contribution in [0.1, 0.15) is 5.69 Å². The lowest BCUT2D eigenvalue weighted by molar-refractivity contribution is -0.143. The van der Waals surface area contributed by atoms with Gasteiger partial charge in [-0.3, -0.25) is 4.79 Å². The molecule has 2 heterocycles. The third-order valence-electron chi connectivity index (χ3n) is 2.46. The van der Waals surface area contributed by atoms with Crippen LogP contribution in [0.5, 0.6) is 0 Å². The smallest absolute Gasteiger partial charge is 0.350 e. The van der Waals surface area contributed by atoms with Crippen LogP contribution in [-0.2, 0) is 10.7 Å². The highest BCUT2D eigenvalue weighted by Gasteiger charge is 2.42. The zero-order chi connectivity index (χ0) is 15.5. The molecule has 0 amide bonds. The summed E-state index contributed by atoms with van der Waals surface area (Å²) in [6, 6.07) is 5.33. The molecule has 2 aromatic heterocycles. The topological polar surface area (TPSA) is 67.8 Å². The number of hydrogen-bond donors (Lipinski definition) is 1. The molecule has 2 rings (SSSR count). The van der Waals surface area contributed by atoms with Crippen molar-refractivity contribution in [3.63, 3.8) is 0 Å². The normalized spacial score (nSPS) is 11.2. The highest BCUT2D eigenvalue weighted by molar-refractivity contribution is 9.10. The van der Waals surface area contributed by atoms with Crippen molar-refractivity contribution in [2.45, 2.75) is 5.92 Å². The second-order valence-electron chi connectivity index (χ2n) is 3.95. The van der Waals surface area contributed by atoms with Gasteiger partial charge in [0.05, 0.1) is 6.54 Å². The molecule has 0 saturated carbocycles. The Morgan fingerprint density at radius 1 is 1.29 bits per heavy atom.